The summed E-state index contributed by atoms with van der Waals surface area (Å²) >= 11 is 1.26. The highest BCUT2D eigenvalue weighted by atomic mass is 32.2. The highest BCUT2D eigenvalue weighted by Crippen LogP contribution is 2.37. The maximum Gasteiger partial charge on any atom is 0.307 e. The molecule has 2 atom stereocenters. The summed E-state index contributed by atoms with van der Waals surface area (Å²) in [6.45, 7) is 3.77. The first-order valence-electron chi connectivity index (χ1n) is 8.38. The molecule has 1 fully saturated rings. The minimum Gasteiger partial charge on any atom is -0.451 e. The first kappa shape index (κ1) is 17.7. The van der Waals surface area contributed by atoms with Gasteiger partial charge in [0.1, 0.15) is 0 Å². The number of ether oxygens (including phenoxy) is 1. The summed E-state index contributed by atoms with van der Waals surface area (Å²) in [5, 5.41) is 7.54. The van der Waals surface area contributed by atoms with Crippen molar-refractivity contribution in [2.45, 2.75) is 43.9 Å². The van der Waals surface area contributed by atoms with Crippen LogP contribution in [0.25, 0.3) is 11.4 Å². The third-order valence-corrected chi connectivity index (χ3v) is 5.40. The van der Waals surface area contributed by atoms with Crippen LogP contribution >= 0.6 is 11.8 Å². The molecule has 1 aliphatic heterocycles. The fourth-order valence-electron chi connectivity index (χ4n) is 3.08. The molecule has 0 unspecified atom stereocenters. The molecule has 1 aromatic heterocycles. The summed E-state index contributed by atoms with van der Waals surface area (Å²) in [5.74, 6) is 0.412. The SMILES string of the molecule is CCC[C@H]1CC(=O)O[C@]1(C)C(=O)CSc1n[nH]c(-c2ccccc2)n1. The lowest BCUT2D eigenvalue weighted by molar-refractivity contribution is -0.156. The van der Waals surface area contributed by atoms with Gasteiger partial charge in [0.2, 0.25) is 5.16 Å². The minimum absolute atomic E-state index is 0.0508. The van der Waals surface area contributed by atoms with E-state index in [1.54, 1.807) is 6.92 Å². The topological polar surface area (TPSA) is 84.9 Å². The van der Waals surface area contributed by atoms with Crippen LogP contribution in [-0.4, -0.2) is 38.3 Å². The predicted octanol–water partition coefficient (Wildman–Crippen LogP) is 3.25. The smallest absolute Gasteiger partial charge is 0.307 e. The van der Waals surface area contributed by atoms with Gasteiger partial charge in [0.25, 0.3) is 0 Å². The van der Waals surface area contributed by atoms with Gasteiger partial charge in [-0.1, -0.05) is 55.4 Å². The lowest BCUT2D eigenvalue weighted by Crippen LogP contribution is -2.42. The van der Waals surface area contributed by atoms with E-state index in [2.05, 4.69) is 15.2 Å². The van der Waals surface area contributed by atoms with Crippen molar-refractivity contribution >= 4 is 23.5 Å². The van der Waals surface area contributed by atoms with Gasteiger partial charge in [0, 0.05) is 11.5 Å². The quantitative estimate of drug-likeness (QED) is 0.603. The van der Waals surface area contributed by atoms with Gasteiger partial charge < -0.3 is 4.74 Å². The van der Waals surface area contributed by atoms with Crippen molar-refractivity contribution in [3.8, 4) is 11.4 Å². The van der Waals surface area contributed by atoms with Crippen LogP contribution in [0.5, 0.6) is 0 Å². The average Bonchev–Trinajstić information content (AvgIpc) is 3.19. The molecular weight excluding hydrogens is 338 g/mol. The highest BCUT2D eigenvalue weighted by molar-refractivity contribution is 7.99. The summed E-state index contributed by atoms with van der Waals surface area (Å²) in [6, 6.07) is 9.67. The first-order valence-corrected chi connectivity index (χ1v) is 9.37. The fraction of sp³-hybridized carbons (Fsp3) is 0.444. The molecule has 2 aromatic rings. The van der Waals surface area contributed by atoms with E-state index in [4.69, 9.17) is 4.74 Å². The number of hydrogen-bond donors (Lipinski definition) is 1. The van der Waals surface area contributed by atoms with E-state index in [1.807, 2.05) is 37.3 Å². The van der Waals surface area contributed by atoms with E-state index in [1.165, 1.54) is 11.8 Å². The number of esters is 1. The molecule has 6 nitrogen and oxygen atoms in total. The molecule has 1 aliphatic rings. The Balaban J connectivity index is 1.64. The largest absolute Gasteiger partial charge is 0.451 e. The Hall–Kier alpha value is -2.15. The van der Waals surface area contributed by atoms with Crippen LogP contribution in [0.2, 0.25) is 0 Å². The normalized spacial score (nSPS) is 22.8. The third kappa shape index (κ3) is 3.76. The molecular formula is C18H21N3O3S. The van der Waals surface area contributed by atoms with Gasteiger partial charge in [-0.2, -0.15) is 0 Å². The predicted molar refractivity (Wildman–Crippen MR) is 95.1 cm³/mol. The number of carbonyl (C=O) groups excluding carboxylic acids is 2. The average molecular weight is 359 g/mol. The molecule has 132 valence electrons. The molecule has 3 rings (SSSR count). The number of rotatable bonds is 7. The summed E-state index contributed by atoms with van der Waals surface area (Å²) in [5.41, 5.74) is -0.0913. The van der Waals surface area contributed by atoms with E-state index < -0.39 is 5.60 Å². The van der Waals surface area contributed by atoms with Crippen molar-refractivity contribution in [1.29, 1.82) is 0 Å². The summed E-state index contributed by atoms with van der Waals surface area (Å²) in [4.78, 5) is 28.8. The molecule has 2 heterocycles. The number of thioether (sulfide) groups is 1. The van der Waals surface area contributed by atoms with Gasteiger partial charge in [0.05, 0.1) is 12.2 Å². The summed E-state index contributed by atoms with van der Waals surface area (Å²) in [6.07, 6.45) is 2.04. The van der Waals surface area contributed by atoms with Gasteiger partial charge in [-0.3, -0.25) is 14.7 Å². The van der Waals surface area contributed by atoms with E-state index in [0.29, 0.717) is 17.4 Å². The number of carbonyl (C=O) groups is 2. The lowest BCUT2D eigenvalue weighted by atomic mass is 9.83. The van der Waals surface area contributed by atoms with Crippen LogP contribution in [0, 0.1) is 5.92 Å². The van der Waals surface area contributed by atoms with Crippen LogP contribution in [0.15, 0.2) is 35.5 Å². The number of Topliss-reactive ketones (excluding diaryl/α,β-unsaturated/α-hetero) is 1. The standard InChI is InChI=1S/C18H21N3O3S/c1-3-7-13-10-15(23)24-18(13,2)14(22)11-25-17-19-16(20-21-17)12-8-5-4-6-9-12/h4-6,8-9,13H,3,7,10-11H2,1-2H3,(H,19,20,21)/t13-,18-/m0/s1. The second-order valence-electron chi connectivity index (χ2n) is 6.32. The molecule has 1 aromatic carbocycles. The van der Waals surface area contributed by atoms with E-state index >= 15 is 0 Å². The van der Waals surface area contributed by atoms with Gasteiger partial charge >= 0.3 is 5.97 Å². The zero-order chi connectivity index (χ0) is 17.9. The molecule has 0 amide bonds. The third-order valence-electron chi connectivity index (χ3n) is 4.55. The van der Waals surface area contributed by atoms with Crippen molar-refractivity contribution in [3.05, 3.63) is 30.3 Å². The Morgan fingerprint density at radius 2 is 2.16 bits per heavy atom. The number of benzene rings is 1. The van der Waals surface area contributed by atoms with Crippen LogP contribution in [0.1, 0.15) is 33.1 Å². The number of hydrogen-bond acceptors (Lipinski definition) is 6. The molecule has 0 bridgehead atoms. The van der Waals surface area contributed by atoms with Crippen molar-refractivity contribution in [1.82, 2.24) is 15.2 Å². The summed E-state index contributed by atoms with van der Waals surface area (Å²) in [7, 11) is 0. The van der Waals surface area contributed by atoms with Crippen LogP contribution in [0.4, 0.5) is 0 Å². The first-order chi connectivity index (χ1) is 12.0. The zero-order valence-corrected chi connectivity index (χ0v) is 15.1. The maximum absolute atomic E-state index is 12.7. The molecule has 0 saturated carbocycles. The molecule has 0 radical (unpaired) electrons. The van der Waals surface area contributed by atoms with Crippen LogP contribution < -0.4 is 0 Å². The van der Waals surface area contributed by atoms with E-state index in [9.17, 15) is 9.59 Å². The van der Waals surface area contributed by atoms with Crippen molar-refractivity contribution in [2.24, 2.45) is 5.92 Å². The highest BCUT2D eigenvalue weighted by Gasteiger charge is 2.49. The van der Waals surface area contributed by atoms with Crippen LogP contribution in [-0.2, 0) is 14.3 Å². The number of nitrogens with one attached hydrogen (secondary N) is 1. The maximum atomic E-state index is 12.7. The zero-order valence-electron chi connectivity index (χ0n) is 14.3. The Morgan fingerprint density at radius 1 is 1.40 bits per heavy atom. The number of nitrogens with zero attached hydrogens (tertiary/aromatic N) is 2. The Kier molecular flexibility index (Phi) is 5.22. The van der Waals surface area contributed by atoms with E-state index in [0.717, 1.165) is 18.4 Å². The molecule has 7 heteroatoms. The minimum atomic E-state index is -1.03. The Bertz CT molecular complexity index is 762. The van der Waals surface area contributed by atoms with Crippen molar-refractivity contribution < 1.29 is 14.3 Å². The Morgan fingerprint density at radius 3 is 2.88 bits per heavy atom. The lowest BCUT2D eigenvalue weighted by Gasteiger charge is -2.27. The Labute approximate surface area is 150 Å². The summed E-state index contributed by atoms with van der Waals surface area (Å²) < 4.78 is 5.39. The number of aromatic nitrogens is 3. The molecule has 1 N–H and O–H groups in total. The molecule has 0 spiro atoms. The second kappa shape index (κ2) is 7.39. The van der Waals surface area contributed by atoms with Crippen molar-refractivity contribution in [2.75, 3.05) is 5.75 Å². The number of aromatic amines is 1. The van der Waals surface area contributed by atoms with Gasteiger partial charge in [-0.05, 0) is 13.3 Å². The van der Waals surface area contributed by atoms with Gasteiger partial charge in [-0.25, -0.2) is 4.98 Å². The fourth-order valence-corrected chi connectivity index (χ4v) is 3.89. The van der Waals surface area contributed by atoms with Crippen LogP contribution in [0.3, 0.4) is 0 Å². The molecule has 25 heavy (non-hydrogen) atoms. The van der Waals surface area contributed by atoms with Crippen molar-refractivity contribution in [3.63, 3.8) is 0 Å². The van der Waals surface area contributed by atoms with Gasteiger partial charge in [-0.15, -0.1) is 5.10 Å². The van der Waals surface area contributed by atoms with Gasteiger partial charge in [0.15, 0.2) is 17.2 Å². The molecule has 0 aliphatic carbocycles. The molecule has 1 saturated heterocycles. The number of H-pyrrole nitrogens is 1. The number of cyclic esters (lactones) is 1. The van der Waals surface area contributed by atoms with E-state index in [-0.39, 0.29) is 23.4 Å². The monoisotopic (exact) mass is 359 g/mol. The second-order valence-corrected chi connectivity index (χ2v) is 7.26. The number of ketones is 1.